The maximum absolute atomic E-state index is 12.7. The maximum Gasteiger partial charge on any atom is 0.416 e. The van der Waals surface area contributed by atoms with Crippen LogP contribution in [0.2, 0.25) is 0 Å². The van der Waals surface area contributed by atoms with Gasteiger partial charge in [-0.05, 0) is 12.1 Å². The first-order valence-electron chi connectivity index (χ1n) is 6.60. The minimum absolute atomic E-state index is 0.0270. The fraction of sp³-hybridized carbons (Fsp3) is 0.385. The molecule has 130 valence electrons. The summed E-state index contributed by atoms with van der Waals surface area (Å²) in [6.07, 6.45) is -6.09. The molecule has 1 unspecified atom stereocenters. The van der Waals surface area contributed by atoms with Crippen molar-refractivity contribution in [2.75, 3.05) is 19.7 Å². The molecule has 1 amide bonds. The Hall–Kier alpha value is -2.69. The van der Waals surface area contributed by atoms with Gasteiger partial charge in [-0.25, -0.2) is 4.79 Å². The van der Waals surface area contributed by atoms with E-state index in [1.807, 2.05) is 0 Å². The minimum Gasteiger partial charge on any atom is -0.479 e. The van der Waals surface area contributed by atoms with Crippen molar-refractivity contribution in [1.29, 1.82) is 0 Å². The highest BCUT2D eigenvalue weighted by atomic mass is 19.4. The Morgan fingerprint density at radius 3 is 2.58 bits per heavy atom. The summed E-state index contributed by atoms with van der Waals surface area (Å²) in [7, 11) is 0. The van der Waals surface area contributed by atoms with Crippen LogP contribution >= 0.6 is 0 Å². The van der Waals surface area contributed by atoms with E-state index in [0.29, 0.717) is 12.1 Å². The molecular formula is C13H11F3N2O6. The number of hydrogen-bond acceptors (Lipinski definition) is 5. The molecule has 0 saturated carbocycles. The van der Waals surface area contributed by atoms with Crippen LogP contribution in [0, 0.1) is 10.1 Å². The second kappa shape index (κ2) is 6.43. The molecule has 0 aromatic heterocycles. The Morgan fingerprint density at radius 1 is 1.38 bits per heavy atom. The van der Waals surface area contributed by atoms with Crippen molar-refractivity contribution >= 4 is 17.6 Å². The molecule has 1 heterocycles. The summed E-state index contributed by atoms with van der Waals surface area (Å²) < 4.78 is 42.9. The van der Waals surface area contributed by atoms with Gasteiger partial charge in [-0.15, -0.1) is 0 Å². The summed E-state index contributed by atoms with van der Waals surface area (Å²) in [6.45, 7) is -0.482. The quantitative estimate of drug-likeness (QED) is 0.655. The number of ether oxygens (including phenoxy) is 1. The van der Waals surface area contributed by atoms with E-state index in [-0.39, 0.29) is 25.8 Å². The molecule has 1 aliphatic rings. The van der Waals surface area contributed by atoms with Crippen molar-refractivity contribution in [1.82, 2.24) is 4.90 Å². The van der Waals surface area contributed by atoms with Crippen molar-refractivity contribution in [2.24, 2.45) is 0 Å². The van der Waals surface area contributed by atoms with Crippen molar-refractivity contribution in [3.63, 3.8) is 0 Å². The van der Waals surface area contributed by atoms with Crippen LogP contribution in [0.5, 0.6) is 0 Å². The van der Waals surface area contributed by atoms with Gasteiger partial charge in [0.2, 0.25) is 0 Å². The molecule has 1 atom stereocenters. The van der Waals surface area contributed by atoms with E-state index in [4.69, 9.17) is 9.84 Å². The molecule has 0 radical (unpaired) electrons. The third-order valence-electron chi connectivity index (χ3n) is 3.38. The Balaban J connectivity index is 2.35. The number of morpholine rings is 1. The van der Waals surface area contributed by atoms with Gasteiger partial charge >= 0.3 is 12.1 Å². The Bertz CT molecular complexity index is 691. The van der Waals surface area contributed by atoms with Crippen LogP contribution in [0.25, 0.3) is 0 Å². The summed E-state index contributed by atoms with van der Waals surface area (Å²) in [6, 6.07) is 1.56. The average molecular weight is 348 g/mol. The molecule has 0 aliphatic carbocycles. The standard InChI is InChI=1S/C13H11F3N2O6/c14-13(15,16)7-1-2-8(9(5-7)18(22)23)11(19)17-3-4-24-10(6-17)12(20)21/h1-2,5,10H,3-4,6H2,(H,20,21). The minimum atomic E-state index is -4.79. The number of halogens is 3. The van der Waals surface area contributed by atoms with E-state index < -0.39 is 45.9 Å². The topological polar surface area (TPSA) is 110 Å². The molecule has 11 heteroatoms. The van der Waals surface area contributed by atoms with Crippen LogP contribution in [0.3, 0.4) is 0 Å². The van der Waals surface area contributed by atoms with Crippen molar-refractivity contribution in [3.8, 4) is 0 Å². The number of nitro groups is 1. The number of nitro benzene ring substituents is 1. The summed E-state index contributed by atoms with van der Waals surface area (Å²) in [5, 5.41) is 19.9. The van der Waals surface area contributed by atoms with Crippen LogP contribution in [0.4, 0.5) is 18.9 Å². The number of carbonyl (C=O) groups is 2. The molecule has 1 aromatic carbocycles. The number of carboxylic acids is 1. The van der Waals surface area contributed by atoms with Gasteiger partial charge < -0.3 is 14.7 Å². The number of aliphatic carboxylic acids is 1. The number of carbonyl (C=O) groups excluding carboxylic acids is 1. The summed E-state index contributed by atoms with van der Waals surface area (Å²) >= 11 is 0. The number of benzene rings is 1. The van der Waals surface area contributed by atoms with Gasteiger partial charge in [-0.1, -0.05) is 0 Å². The molecule has 1 aromatic rings. The average Bonchev–Trinajstić information content (AvgIpc) is 2.52. The lowest BCUT2D eigenvalue weighted by Gasteiger charge is -2.30. The third-order valence-corrected chi connectivity index (χ3v) is 3.38. The van der Waals surface area contributed by atoms with Crippen LogP contribution < -0.4 is 0 Å². The number of hydrogen-bond donors (Lipinski definition) is 1. The second-order valence-corrected chi connectivity index (χ2v) is 4.94. The molecule has 1 fully saturated rings. The lowest BCUT2D eigenvalue weighted by Crippen LogP contribution is -2.48. The first-order chi connectivity index (χ1) is 11.1. The molecule has 0 spiro atoms. The van der Waals surface area contributed by atoms with E-state index in [0.717, 1.165) is 4.90 Å². The summed E-state index contributed by atoms with van der Waals surface area (Å²) in [5.41, 5.74) is -2.79. The van der Waals surface area contributed by atoms with Crippen LogP contribution in [0.15, 0.2) is 18.2 Å². The molecule has 2 rings (SSSR count). The Morgan fingerprint density at radius 2 is 2.04 bits per heavy atom. The van der Waals surface area contributed by atoms with E-state index in [1.165, 1.54) is 0 Å². The highest BCUT2D eigenvalue weighted by Gasteiger charge is 2.36. The van der Waals surface area contributed by atoms with Gasteiger partial charge in [-0.3, -0.25) is 14.9 Å². The second-order valence-electron chi connectivity index (χ2n) is 4.94. The predicted octanol–water partition coefficient (Wildman–Crippen LogP) is 1.54. The molecule has 1 saturated heterocycles. The number of nitrogens with zero attached hydrogens (tertiary/aromatic N) is 2. The van der Waals surface area contributed by atoms with Crippen LogP contribution in [0.1, 0.15) is 15.9 Å². The van der Waals surface area contributed by atoms with Gasteiger partial charge in [0.25, 0.3) is 11.6 Å². The van der Waals surface area contributed by atoms with Crippen LogP contribution in [-0.4, -0.2) is 52.6 Å². The van der Waals surface area contributed by atoms with Gasteiger partial charge in [-0.2, -0.15) is 13.2 Å². The SMILES string of the molecule is O=C(O)C1CN(C(=O)c2ccc(C(F)(F)F)cc2[N+](=O)[O-])CCO1. The van der Waals surface area contributed by atoms with Crippen LogP contribution in [-0.2, 0) is 15.7 Å². The zero-order valence-corrected chi connectivity index (χ0v) is 11.9. The van der Waals surface area contributed by atoms with Gasteiger partial charge in [0.05, 0.1) is 23.6 Å². The fourth-order valence-corrected chi connectivity index (χ4v) is 2.19. The van der Waals surface area contributed by atoms with Gasteiger partial charge in [0.1, 0.15) is 5.56 Å². The molecule has 0 bridgehead atoms. The van der Waals surface area contributed by atoms with E-state index in [9.17, 15) is 32.9 Å². The van der Waals surface area contributed by atoms with E-state index in [2.05, 4.69) is 0 Å². The smallest absolute Gasteiger partial charge is 0.416 e. The largest absolute Gasteiger partial charge is 0.479 e. The molecule has 1 aliphatic heterocycles. The van der Waals surface area contributed by atoms with Crippen molar-refractivity contribution < 1.29 is 37.5 Å². The summed E-state index contributed by atoms with van der Waals surface area (Å²) in [5.74, 6) is -2.24. The Labute approximate surface area is 132 Å². The number of alkyl halides is 3. The first kappa shape index (κ1) is 17.7. The highest BCUT2D eigenvalue weighted by Crippen LogP contribution is 2.33. The van der Waals surface area contributed by atoms with Crippen molar-refractivity contribution in [3.05, 3.63) is 39.4 Å². The third kappa shape index (κ3) is 3.62. The molecule has 1 N–H and O–H groups in total. The first-order valence-corrected chi connectivity index (χ1v) is 6.60. The van der Waals surface area contributed by atoms with Crippen molar-refractivity contribution in [2.45, 2.75) is 12.3 Å². The molecular weight excluding hydrogens is 337 g/mol. The lowest BCUT2D eigenvalue weighted by molar-refractivity contribution is -0.385. The predicted molar refractivity (Wildman–Crippen MR) is 71.4 cm³/mol. The Kier molecular flexibility index (Phi) is 4.73. The van der Waals surface area contributed by atoms with E-state index >= 15 is 0 Å². The fourth-order valence-electron chi connectivity index (χ4n) is 2.19. The number of carboxylic acid groups (broad SMARTS) is 1. The van der Waals surface area contributed by atoms with E-state index in [1.54, 1.807) is 0 Å². The lowest BCUT2D eigenvalue weighted by atomic mass is 10.1. The maximum atomic E-state index is 12.7. The monoisotopic (exact) mass is 348 g/mol. The summed E-state index contributed by atoms with van der Waals surface area (Å²) in [4.78, 5) is 34.2. The highest BCUT2D eigenvalue weighted by molar-refractivity contribution is 5.98. The molecule has 24 heavy (non-hydrogen) atoms. The zero-order valence-electron chi connectivity index (χ0n) is 11.9. The number of amides is 1. The van der Waals surface area contributed by atoms with Gasteiger partial charge in [0.15, 0.2) is 6.10 Å². The number of rotatable bonds is 3. The van der Waals surface area contributed by atoms with Gasteiger partial charge in [0, 0.05) is 12.6 Å². The molecule has 8 nitrogen and oxygen atoms in total. The zero-order chi connectivity index (χ0) is 18.1. The normalized spacial score (nSPS) is 18.3.